The zero-order valence-corrected chi connectivity index (χ0v) is 17.1. The Labute approximate surface area is 173 Å². The van der Waals surface area contributed by atoms with Gasteiger partial charge in [0.05, 0.1) is 5.69 Å². The predicted molar refractivity (Wildman–Crippen MR) is 112 cm³/mol. The van der Waals surface area contributed by atoms with Crippen LogP contribution in [0.4, 0.5) is 11.4 Å². The van der Waals surface area contributed by atoms with Crippen LogP contribution in [-0.4, -0.2) is 35.3 Å². The summed E-state index contributed by atoms with van der Waals surface area (Å²) in [5.74, 6) is -0.944. The number of para-hydroxylation sites is 2. The molecular formula is C22H22N2O4S. The van der Waals surface area contributed by atoms with E-state index in [2.05, 4.69) is 0 Å². The van der Waals surface area contributed by atoms with Crippen LogP contribution >= 0.6 is 11.8 Å². The van der Waals surface area contributed by atoms with Crippen LogP contribution in [0.2, 0.25) is 0 Å². The smallest absolute Gasteiger partial charge is 0.344 e. The Morgan fingerprint density at radius 3 is 2.55 bits per heavy atom. The van der Waals surface area contributed by atoms with Crippen molar-refractivity contribution in [3.05, 3.63) is 54.6 Å². The van der Waals surface area contributed by atoms with E-state index in [1.54, 1.807) is 4.90 Å². The molecule has 0 aromatic heterocycles. The van der Waals surface area contributed by atoms with Crippen LogP contribution in [0.15, 0.2) is 59.5 Å². The number of thioether (sulfide) groups is 1. The number of hydrogen-bond donors (Lipinski definition) is 0. The summed E-state index contributed by atoms with van der Waals surface area (Å²) in [5.41, 5.74) is 1.48. The van der Waals surface area contributed by atoms with Gasteiger partial charge in [-0.3, -0.25) is 14.5 Å². The zero-order chi connectivity index (χ0) is 20.6. The highest BCUT2D eigenvalue weighted by atomic mass is 32.2. The van der Waals surface area contributed by atoms with Gasteiger partial charge in [-0.2, -0.15) is 0 Å². The number of fused-ring (bicyclic) bond motifs is 3. The average molecular weight is 410 g/mol. The van der Waals surface area contributed by atoms with Gasteiger partial charge in [0, 0.05) is 29.5 Å². The SMILES string of the molecule is CC(C)N(C(=O)COC(=O)C12CCC(=O)N1c1ccccc1S2)c1ccccc1. The Bertz CT molecular complexity index is 962. The highest BCUT2D eigenvalue weighted by molar-refractivity contribution is 8.02. The minimum Gasteiger partial charge on any atom is -0.453 e. The third kappa shape index (κ3) is 3.29. The molecule has 0 aliphatic carbocycles. The molecule has 4 rings (SSSR count). The third-order valence-corrected chi connectivity index (χ3v) is 6.59. The molecule has 1 fully saturated rings. The summed E-state index contributed by atoms with van der Waals surface area (Å²) in [4.78, 5) is 41.3. The Morgan fingerprint density at radius 1 is 1.14 bits per heavy atom. The van der Waals surface area contributed by atoms with Gasteiger partial charge in [0.25, 0.3) is 5.91 Å². The molecule has 1 unspecified atom stereocenters. The van der Waals surface area contributed by atoms with E-state index in [1.165, 1.54) is 16.7 Å². The van der Waals surface area contributed by atoms with Gasteiger partial charge in [0.2, 0.25) is 5.91 Å². The molecule has 2 aromatic rings. The lowest BCUT2D eigenvalue weighted by Gasteiger charge is -2.30. The molecule has 2 amide bonds. The van der Waals surface area contributed by atoms with Gasteiger partial charge in [-0.05, 0) is 38.1 Å². The Hall–Kier alpha value is -2.80. The molecule has 0 N–H and O–H groups in total. The lowest BCUT2D eigenvalue weighted by molar-refractivity contribution is -0.150. The van der Waals surface area contributed by atoms with Crippen molar-refractivity contribution in [2.45, 2.75) is 42.5 Å². The number of rotatable bonds is 5. The molecule has 2 heterocycles. The van der Waals surface area contributed by atoms with Crippen LogP contribution in [0.25, 0.3) is 0 Å². The first-order chi connectivity index (χ1) is 13.9. The minimum absolute atomic E-state index is 0.0866. The molecule has 2 aliphatic heterocycles. The van der Waals surface area contributed by atoms with Gasteiger partial charge < -0.3 is 9.64 Å². The molecule has 1 atom stereocenters. The van der Waals surface area contributed by atoms with Crippen molar-refractivity contribution in [2.24, 2.45) is 0 Å². The maximum Gasteiger partial charge on any atom is 0.344 e. The normalized spacial score (nSPS) is 19.8. The van der Waals surface area contributed by atoms with Crippen molar-refractivity contribution in [1.29, 1.82) is 0 Å². The third-order valence-electron chi connectivity index (χ3n) is 5.14. The van der Waals surface area contributed by atoms with Crippen LogP contribution in [0.1, 0.15) is 26.7 Å². The number of carbonyl (C=O) groups excluding carboxylic acids is 3. The van der Waals surface area contributed by atoms with Crippen LogP contribution in [-0.2, 0) is 19.1 Å². The lowest BCUT2D eigenvalue weighted by atomic mass is 10.2. The second kappa shape index (κ2) is 7.55. The summed E-state index contributed by atoms with van der Waals surface area (Å²) >= 11 is 1.33. The molecule has 150 valence electrons. The minimum atomic E-state index is -1.11. The topological polar surface area (TPSA) is 66.9 Å². The van der Waals surface area contributed by atoms with Crippen molar-refractivity contribution in [2.75, 3.05) is 16.4 Å². The maximum atomic E-state index is 13.1. The number of carbonyl (C=O) groups is 3. The van der Waals surface area contributed by atoms with Crippen LogP contribution in [0.5, 0.6) is 0 Å². The molecule has 0 saturated carbocycles. The number of amides is 2. The van der Waals surface area contributed by atoms with E-state index in [9.17, 15) is 14.4 Å². The van der Waals surface area contributed by atoms with E-state index in [-0.39, 0.29) is 30.9 Å². The van der Waals surface area contributed by atoms with Gasteiger partial charge in [-0.15, -0.1) is 0 Å². The second-order valence-electron chi connectivity index (χ2n) is 7.35. The first-order valence-corrected chi connectivity index (χ1v) is 10.4. The molecule has 0 radical (unpaired) electrons. The maximum absolute atomic E-state index is 13.1. The Kier molecular flexibility index (Phi) is 5.08. The first kappa shape index (κ1) is 19.5. The van der Waals surface area contributed by atoms with E-state index >= 15 is 0 Å². The summed E-state index contributed by atoms with van der Waals surface area (Å²) in [5, 5.41) is 0. The first-order valence-electron chi connectivity index (χ1n) is 9.59. The Morgan fingerprint density at radius 2 is 1.83 bits per heavy atom. The number of benzene rings is 2. The van der Waals surface area contributed by atoms with E-state index < -0.39 is 10.8 Å². The van der Waals surface area contributed by atoms with Crippen LogP contribution in [0.3, 0.4) is 0 Å². The van der Waals surface area contributed by atoms with Gasteiger partial charge >= 0.3 is 5.97 Å². The highest BCUT2D eigenvalue weighted by Crippen LogP contribution is 2.56. The van der Waals surface area contributed by atoms with Gasteiger partial charge in [0.15, 0.2) is 11.5 Å². The van der Waals surface area contributed by atoms with E-state index in [0.717, 1.165) is 16.3 Å². The number of anilines is 2. The van der Waals surface area contributed by atoms with Gasteiger partial charge in [-0.1, -0.05) is 42.1 Å². The standard InChI is InChI=1S/C22H22N2O4S/c1-15(2)23(16-8-4-3-5-9-16)20(26)14-28-21(27)22-13-12-19(25)24(22)17-10-6-7-11-18(17)29-22/h3-11,15H,12-14H2,1-2H3. The van der Waals surface area contributed by atoms with Gasteiger partial charge in [-0.25, -0.2) is 4.79 Å². The summed E-state index contributed by atoms with van der Waals surface area (Å²) in [6.45, 7) is 3.45. The zero-order valence-electron chi connectivity index (χ0n) is 16.3. The molecule has 6 nitrogen and oxygen atoms in total. The van der Waals surface area contributed by atoms with Crippen molar-refractivity contribution in [1.82, 2.24) is 0 Å². The van der Waals surface area contributed by atoms with Crippen LogP contribution in [0, 0.1) is 0 Å². The summed E-state index contributed by atoms with van der Waals surface area (Å²) in [6, 6.07) is 16.7. The molecule has 2 aliphatic rings. The largest absolute Gasteiger partial charge is 0.453 e. The molecular weight excluding hydrogens is 388 g/mol. The van der Waals surface area contributed by atoms with Gasteiger partial charge in [0.1, 0.15) is 0 Å². The second-order valence-corrected chi connectivity index (χ2v) is 8.67. The fourth-order valence-electron chi connectivity index (χ4n) is 3.90. The van der Waals surface area contributed by atoms with Crippen LogP contribution < -0.4 is 9.80 Å². The molecule has 1 saturated heterocycles. The van der Waals surface area contributed by atoms with Crippen molar-refractivity contribution < 1.29 is 19.1 Å². The highest BCUT2D eigenvalue weighted by Gasteiger charge is 2.58. The predicted octanol–water partition coefficient (Wildman–Crippen LogP) is 3.60. The molecule has 29 heavy (non-hydrogen) atoms. The van der Waals surface area contributed by atoms with Crippen molar-refractivity contribution in [3.8, 4) is 0 Å². The molecule has 0 bridgehead atoms. The number of ether oxygens (including phenoxy) is 1. The summed E-state index contributed by atoms with van der Waals surface area (Å²) < 4.78 is 5.48. The fraction of sp³-hybridized carbons (Fsp3) is 0.318. The molecule has 7 heteroatoms. The monoisotopic (exact) mass is 410 g/mol. The summed E-state index contributed by atoms with van der Waals surface area (Å²) in [6.07, 6.45) is 0.650. The molecule has 0 spiro atoms. The quantitative estimate of drug-likeness (QED) is 0.705. The number of nitrogens with zero attached hydrogens (tertiary/aromatic N) is 2. The van der Waals surface area contributed by atoms with E-state index in [4.69, 9.17) is 4.74 Å². The summed E-state index contributed by atoms with van der Waals surface area (Å²) in [7, 11) is 0. The van der Waals surface area contributed by atoms with E-state index in [1.807, 2.05) is 68.4 Å². The lowest BCUT2D eigenvalue weighted by Crippen LogP contribution is -2.49. The average Bonchev–Trinajstić information content (AvgIpc) is 3.22. The molecule has 2 aromatic carbocycles. The van der Waals surface area contributed by atoms with Crippen molar-refractivity contribution >= 4 is 40.9 Å². The Balaban J connectivity index is 1.51. The van der Waals surface area contributed by atoms with E-state index in [0.29, 0.717) is 6.42 Å². The fourth-order valence-corrected chi connectivity index (χ4v) is 5.31. The number of esters is 1. The number of hydrogen-bond acceptors (Lipinski definition) is 5. The van der Waals surface area contributed by atoms with Crippen molar-refractivity contribution in [3.63, 3.8) is 0 Å².